The highest BCUT2D eigenvalue weighted by molar-refractivity contribution is 7.86. The molecule has 0 aromatic heterocycles. The van der Waals surface area contributed by atoms with Gasteiger partial charge in [0, 0.05) is 28.1 Å². The molecule has 2 aromatic carbocycles. The Morgan fingerprint density at radius 3 is 2.72 bits per heavy atom. The molecule has 1 aliphatic rings. The number of anilines is 1. The molecule has 2 amide bonds. The number of carbonyl (C=O) groups is 2. The van der Waals surface area contributed by atoms with Crippen LogP contribution in [0.1, 0.15) is 22.8 Å². The van der Waals surface area contributed by atoms with E-state index >= 15 is 0 Å². The van der Waals surface area contributed by atoms with E-state index in [9.17, 15) is 13.8 Å². The molecule has 2 N–H and O–H groups in total. The van der Waals surface area contributed by atoms with Crippen LogP contribution in [0.4, 0.5) is 5.69 Å². The molecular weight excluding hydrogens is 412 g/mol. The van der Waals surface area contributed by atoms with E-state index in [4.69, 9.17) is 16.3 Å². The quantitative estimate of drug-likeness (QED) is 0.701. The molecule has 3 rings (SSSR count). The van der Waals surface area contributed by atoms with Crippen LogP contribution >= 0.6 is 11.6 Å². The summed E-state index contributed by atoms with van der Waals surface area (Å²) in [5.41, 5.74) is 3.71. The molecule has 0 bridgehead atoms. The minimum Gasteiger partial charge on any atom is -0.371 e. The summed E-state index contributed by atoms with van der Waals surface area (Å²) in [7, 11) is -1.61. The van der Waals surface area contributed by atoms with Crippen LogP contribution < -0.4 is 10.6 Å². The van der Waals surface area contributed by atoms with Crippen LogP contribution in [-0.2, 0) is 31.5 Å². The van der Waals surface area contributed by atoms with Gasteiger partial charge in [0.1, 0.15) is 17.6 Å². The summed E-state index contributed by atoms with van der Waals surface area (Å²) in [4.78, 5) is 24.2. The third-order valence-corrected chi connectivity index (χ3v) is 6.19. The number of aryl methyl sites for hydroxylation is 1. The number of hydrogen-bond donors (Lipinski definition) is 2. The molecule has 0 radical (unpaired) electrons. The molecule has 0 saturated carbocycles. The Labute approximate surface area is 177 Å². The van der Waals surface area contributed by atoms with Crippen LogP contribution in [0.25, 0.3) is 0 Å². The number of rotatable bonds is 7. The maximum absolute atomic E-state index is 12.2. The first-order chi connectivity index (χ1) is 13.9. The van der Waals surface area contributed by atoms with Gasteiger partial charge in [-0.2, -0.15) is 0 Å². The van der Waals surface area contributed by atoms with E-state index in [-0.39, 0.29) is 23.5 Å². The standard InChI is InChI=1S/C21H23ClN2O4S/c1-14-6-7-16(10-18(14)22)24-21(26)13-29(27)12-20(25)23-11-19-17-5-3-2-4-15(17)8-9-28-19/h2-7,10,19H,8-9,11-13H2,1H3,(H,23,25)(H,24,26)/t19-,29-/m0/s1. The zero-order valence-corrected chi connectivity index (χ0v) is 17.6. The summed E-state index contributed by atoms with van der Waals surface area (Å²) >= 11 is 6.03. The van der Waals surface area contributed by atoms with Crippen molar-refractivity contribution in [3.63, 3.8) is 0 Å². The number of nitrogens with one attached hydrogen (secondary N) is 2. The van der Waals surface area contributed by atoms with Gasteiger partial charge < -0.3 is 15.4 Å². The summed E-state index contributed by atoms with van der Waals surface area (Å²) in [6.45, 7) is 2.77. The highest BCUT2D eigenvalue weighted by atomic mass is 35.5. The van der Waals surface area contributed by atoms with E-state index < -0.39 is 16.7 Å². The lowest BCUT2D eigenvalue weighted by Crippen LogP contribution is -2.35. The zero-order valence-electron chi connectivity index (χ0n) is 16.1. The lowest BCUT2D eigenvalue weighted by atomic mass is 9.97. The van der Waals surface area contributed by atoms with Gasteiger partial charge in [-0.3, -0.25) is 13.8 Å². The molecule has 0 spiro atoms. The second kappa shape index (κ2) is 10.0. The van der Waals surface area contributed by atoms with Gasteiger partial charge in [-0.25, -0.2) is 0 Å². The minimum absolute atomic E-state index is 0.216. The highest BCUT2D eigenvalue weighted by Gasteiger charge is 2.21. The Morgan fingerprint density at radius 1 is 1.17 bits per heavy atom. The summed E-state index contributed by atoms with van der Waals surface area (Å²) in [6, 6.07) is 13.1. The summed E-state index contributed by atoms with van der Waals surface area (Å²) in [5.74, 6) is -1.31. The molecule has 2 aromatic rings. The molecule has 6 nitrogen and oxygen atoms in total. The molecule has 1 heterocycles. The Bertz CT molecular complexity index is 935. The number of fused-ring (bicyclic) bond motifs is 1. The van der Waals surface area contributed by atoms with Crippen molar-refractivity contribution in [2.75, 3.05) is 30.0 Å². The third-order valence-electron chi connectivity index (χ3n) is 4.62. The van der Waals surface area contributed by atoms with Crippen molar-refractivity contribution in [3.8, 4) is 0 Å². The molecular formula is C21H23ClN2O4S. The van der Waals surface area contributed by atoms with Crippen molar-refractivity contribution < 1.29 is 18.5 Å². The van der Waals surface area contributed by atoms with Crippen LogP contribution in [0.3, 0.4) is 0 Å². The molecule has 0 aliphatic carbocycles. The first kappa shape index (κ1) is 21.5. The van der Waals surface area contributed by atoms with Crippen molar-refractivity contribution in [2.45, 2.75) is 19.4 Å². The number of benzene rings is 2. The van der Waals surface area contributed by atoms with Gasteiger partial charge in [0.05, 0.1) is 6.61 Å². The summed E-state index contributed by atoms with van der Waals surface area (Å²) in [5, 5.41) is 5.93. The van der Waals surface area contributed by atoms with Gasteiger partial charge in [-0.1, -0.05) is 41.9 Å². The van der Waals surface area contributed by atoms with Crippen molar-refractivity contribution in [3.05, 3.63) is 64.2 Å². The lowest BCUT2D eigenvalue weighted by Gasteiger charge is -2.26. The van der Waals surface area contributed by atoms with E-state index in [0.29, 0.717) is 23.9 Å². The van der Waals surface area contributed by atoms with E-state index in [1.807, 2.05) is 25.1 Å². The van der Waals surface area contributed by atoms with Crippen LogP contribution in [-0.4, -0.2) is 40.7 Å². The number of ether oxygens (including phenoxy) is 1. The maximum Gasteiger partial charge on any atom is 0.237 e. The smallest absolute Gasteiger partial charge is 0.237 e. The van der Waals surface area contributed by atoms with Crippen LogP contribution in [0.15, 0.2) is 42.5 Å². The fourth-order valence-electron chi connectivity index (χ4n) is 3.11. The molecule has 29 heavy (non-hydrogen) atoms. The van der Waals surface area contributed by atoms with Crippen molar-refractivity contribution in [2.24, 2.45) is 0 Å². The van der Waals surface area contributed by atoms with Gasteiger partial charge in [0.2, 0.25) is 11.8 Å². The van der Waals surface area contributed by atoms with E-state index in [1.54, 1.807) is 18.2 Å². The number of hydrogen-bond acceptors (Lipinski definition) is 4. The van der Waals surface area contributed by atoms with E-state index in [0.717, 1.165) is 17.5 Å². The van der Waals surface area contributed by atoms with Gasteiger partial charge in [0.25, 0.3) is 0 Å². The predicted octanol–water partition coefficient (Wildman–Crippen LogP) is 2.77. The predicted molar refractivity (Wildman–Crippen MR) is 115 cm³/mol. The Kier molecular flexibility index (Phi) is 7.41. The SMILES string of the molecule is Cc1ccc(NC(=O)C[S@@](=O)CC(=O)NC[C@@H]2OCCc3ccccc32)cc1Cl. The highest BCUT2D eigenvalue weighted by Crippen LogP contribution is 2.26. The largest absolute Gasteiger partial charge is 0.371 e. The van der Waals surface area contributed by atoms with Gasteiger partial charge in [-0.15, -0.1) is 0 Å². The fourth-order valence-corrected chi connectivity index (χ4v) is 4.16. The number of amides is 2. The zero-order chi connectivity index (χ0) is 20.8. The first-order valence-corrected chi connectivity index (χ1v) is 11.2. The first-order valence-electron chi connectivity index (χ1n) is 9.29. The topological polar surface area (TPSA) is 84.5 Å². The number of halogens is 1. The van der Waals surface area contributed by atoms with E-state index in [1.165, 1.54) is 5.56 Å². The summed E-state index contributed by atoms with van der Waals surface area (Å²) in [6.07, 6.45) is 0.637. The lowest BCUT2D eigenvalue weighted by molar-refractivity contribution is -0.119. The van der Waals surface area contributed by atoms with Gasteiger partial charge in [0.15, 0.2) is 0 Å². The Hall–Kier alpha value is -2.22. The third kappa shape index (κ3) is 6.13. The second-order valence-corrected chi connectivity index (χ2v) is 8.72. The Morgan fingerprint density at radius 2 is 1.93 bits per heavy atom. The summed E-state index contributed by atoms with van der Waals surface area (Å²) < 4.78 is 17.9. The molecule has 1 aliphatic heterocycles. The Balaban J connectivity index is 1.44. The van der Waals surface area contributed by atoms with Crippen LogP contribution in [0.2, 0.25) is 5.02 Å². The monoisotopic (exact) mass is 434 g/mol. The average Bonchev–Trinajstić information content (AvgIpc) is 2.69. The molecule has 0 fully saturated rings. The van der Waals surface area contributed by atoms with Crippen molar-refractivity contribution in [1.29, 1.82) is 0 Å². The second-order valence-electron chi connectivity index (χ2n) is 6.85. The molecule has 2 atom stereocenters. The van der Waals surface area contributed by atoms with Gasteiger partial charge >= 0.3 is 0 Å². The normalized spacial score (nSPS) is 16.6. The van der Waals surface area contributed by atoms with Crippen molar-refractivity contribution >= 4 is 39.9 Å². The molecule has 0 unspecified atom stereocenters. The molecule has 0 saturated heterocycles. The molecule has 154 valence electrons. The fraction of sp³-hybridized carbons (Fsp3) is 0.333. The van der Waals surface area contributed by atoms with Crippen molar-refractivity contribution in [1.82, 2.24) is 5.32 Å². The number of carbonyl (C=O) groups excluding carboxylic acids is 2. The molecule has 8 heteroatoms. The average molecular weight is 435 g/mol. The minimum atomic E-state index is -1.61. The maximum atomic E-state index is 12.2. The van der Waals surface area contributed by atoms with Gasteiger partial charge in [-0.05, 0) is 42.2 Å². The van der Waals surface area contributed by atoms with Crippen LogP contribution in [0, 0.1) is 6.92 Å². The van der Waals surface area contributed by atoms with Crippen LogP contribution in [0.5, 0.6) is 0 Å². The van der Waals surface area contributed by atoms with E-state index in [2.05, 4.69) is 16.7 Å².